The molecule has 94 valence electrons. The Bertz CT molecular complexity index is 547. The zero-order chi connectivity index (χ0) is 13.1. The van der Waals surface area contributed by atoms with Gasteiger partial charge in [0.2, 0.25) is 0 Å². The Labute approximate surface area is 111 Å². The first-order valence-corrected chi connectivity index (χ1v) is 8.13. The zero-order valence-electron chi connectivity index (χ0n) is 11.0. The average molecular weight is 261 g/mol. The van der Waals surface area contributed by atoms with Crippen molar-refractivity contribution in [1.29, 1.82) is 0 Å². The molecule has 2 aromatic rings. The van der Waals surface area contributed by atoms with Crippen molar-refractivity contribution in [2.24, 2.45) is 0 Å². The molecule has 0 heterocycles. The summed E-state index contributed by atoms with van der Waals surface area (Å²) in [6.07, 6.45) is 5.02. The minimum Gasteiger partial charge on any atom is -0.201 e. The quantitative estimate of drug-likeness (QED) is 0.723. The van der Waals surface area contributed by atoms with Crippen LogP contribution in [0, 0.1) is 5.82 Å². The van der Waals surface area contributed by atoms with E-state index in [1.807, 2.05) is 48.9 Å². The van der Waals surface area contributed by atoms with Crippen LogP contribution in [-0.4, -0.2) is 12.5 Å². The fourth-order valence-electron chi connectivity index (χ4n) is 2.13. The summed E-state index contributed by atoms with van der Waals surface area (Å²) < 4.78 is 14.5. The smallest absolute Gasteiger partial charge is 0.190 e. The molecule has 0 bridgehead atoms. The van der Waals surface area contributed by atoms with Gasteiger partial charge in [-0.3, -0.25) is 0 Å². The summed E-state index contributed by atoms with van der Waals surface area (Å²) in [5.74, 6) is -0.0632. The Morgan fingerprint density at radius 2 is 1.61 bits per heavy atom. The highest BCUT2D eigenvalue weighted by molar-refractivity contribution is 7.95. The lowest BCUT2D eigenvalue weighted by Crippen LogP contribution is -2.01. The number of hydrogen-bond donors (Lipinski definition) is 0. The first kappa shape index (κ1) is 13.2. The predicted molar refractivity (Wildman–Crippen MR) is 78.7 cm³/mol. The molecule has 18 heavy (non-hydrogen) atoms. The van der Waals surface area contributed by atoms with Crippen molar-refractivity contribution in [1.82, 2.24) is 0 Å². The number of rotatable bonds is 3. The minimum atomic E-state index is -0.0632. The van der Waals surface area contributed by atoms with Crippen LogP contribution < -0.4 is 0 Å². The molecule has 0 fully saturated rings. The maximum absolute atomic E-state index is 14.5. The molecule has 0 spiro atoms. The summed E-state index contributed by atoms with van der Waals surface area (Å²) >= 11 is 0. The highest BCUT2D eigenvalue weighted by Crippen LogP contribution is 2.30. The van der Waals surface area contributed by atoms with Gasteiger partial charge in [0.05, 0.1) is 0 Å². The third-order valence-electron chi connectivity index (χ3n) is 3.09. The molecular weight excluding hydrogens is 243 g/mol. The second-order valence-corrected chi connectivity index (χ2v) is 6.52. The van der Waals surface area contributed by atoms with Crippen LogP contribution in [0.3, 0.4) is 0 Å². The van der Waals surface area contributed by atoms with Crippen LogP contribution in [0.25, 0.3) is 11.1 Å². The van der Waals surface area contributed by atoms with Crippen LogP contribution in [-0.2, 0) is 17.3 Å². The molecule has 0 atom stereocenters. The lowest BCUT2D eigenvalue weighted by Gasteiger charge is -2.10. The van der Waals surface area contributed by atoms with Gasteiger partial charge in [-0.25, -0.2) is 4.39 Å². The van der Waals surface area contributed by atoms with Gasteiger partial charge < -0.3 is 0 Å². The van der Waals surface area contributed by atoms with Gasteiger partial charge in [-0.15, -0.1) is 0 Å². The van der Waals surface area contributed by atoms with Crippen molar-refractivity contribution in [2.45, 2.75) is 18.2 Å². The third-order valence-corrected chi connectivity index (χ3v) is 4.29. The Hall–Kier alpha value is -1.28. The normalized spacial score (nSPS) is 10.9. The lowest BCUT2D eigenvalue weighted by molar-refractivity contribution is 0.605. The first-order chi connectivity index (χ1) is 8.65. The van der Waals surface area contributed by atoms with E-state index in [1.54, 1.807) is 0 Å². The summed E-state index contributed by atoms with van der Waals surface area (Å²) in [4.78, 5) is 0.818. The molecule has 0 aliphatic rings. The number of hydrogen-bond acceptors (Lipinski definition) is 0. The van der Waals surface area contributed by atoms with Crippen LogP contribution in [0.1, 0.15) is 12.5 Å². The van der Waals surface area contributed by atoms with E-state index in [0.29, 0.717) is 0 Å². The predicted octanol–water partition coefficient (Wildman–Crippen LogP) is 4.29. The largest absolute Gasteiger partial charge is 0.201 e. The highest BCUT2D eigenvalue weighted by atomic mass is 32.2. The SMILES string of the molecule is CCc1ccccc1-c1cccc([S+](C)C)c1F. The van der Waals surface area contributed by atoms with E-state index in [2.05, 4.69) is 13.0 Å². The fourth-order valence-corrected chi connectivity index (χ4v) is 2.94. The monoisotopic (exact) mass is 261 g/mol. The van der Waals surface area contributed by atoms with Crippen molar-refractivity contribution in [3.05, 3.63) is 53.8 Å². The molecule has 0 aliphatic heterocycles. The van der Waals surface area contributed by atoms with Crippen molar-refractivity contribution in [3.63, 3.8) is 0 Å². The second-order valence-electron chi connectivity index (χ2n) is 4.44. The van der Waals surface area contributed by atoms with Gasteiger partial charge in [-0.1, -0.05) is 43.3 Å². The molecule has 2 rings (SSSR count). The number of benzene rings is 2. The summed E-state index contributed by atoms with van der Waals surface area (Å²) in [6.45, 7) is 2.10. The maximum Gasteiger partial charge on any atom is 0.190 e. The Morgan fingerprint density at radius 1 is 0.944 bits per heavy atom. The van der Waals surface area contributed by atoms with Crippen LogP contribution in [0.5, 0.6) is 0 Å². The molecule has 2 heteroatoms. The van der Waals surface area contributed by atoms with Crippen LogP contribution in [0.4, 0.5) is 4.39 Å². The van der Waals surface area contributed by atoms with Gasteiger partial charge in [0, 0.05) is 16.5 Å². The van der Waals surface area contributed by atoms with E-state index in [0.717, 1.165) is 22.4 Å². The van der Waals surface area contributed by atoms with Gasteiger partial charge in [-0.2, -0.15) is 0 Å². The molecule has 0 unspecified atom stereocenters. The number of aryl methyl sites for hydroxylation is 1. The van der Waals surface area contributed by atoms with Crippen molar-refractivity contribution < 1.29 is 4.39 Å². The minimum absolute atomic E-state index is 0.0581. The van der Waals surface area contributed by atoms with Gasteiger partial charge in [0.25, 0.3) is 0 Å². The molecule has 0 aromatic heterocycles. The average Bonchev–Trinajstić information content (AvgIpc) is 2.38. The highest BCUT2D eigenvalue weighted by Gasteiger charge is 2.19. The van der Waals surface area contributed by atoms with Gasteiger partial charge in [0.15, 0.2) is 10.7 Å². The van der Waals surface area contributed by atoms with Gasteiger partial charge in [-0.05, 0) is 23.6 Å². The van der Waals surface area contributed by atoms with E-state index in [9.17, 15) is 4.39 Å². The summed E-state index contributed by atoms with van der Waals surface area (Å²) in [6, 6.07) is 13.8. The van der Waals surface area contributed by atoms with E-state index < -0.39 is 0 Å². The van der Waals surface area contributed by atoms with Crippen LogP contribution in [0.2, 0.25) is 0 Å². The van der Waals surface area contributed by atoms with Gasteiger partial charge >= 0.3 is 0 Å². The van der Waals surface area contributed by atoms with E-state index >= 15 is 0 Å². The fraction of sp³-hybridized carbons (Fsp3) is 0.250. The third kappa shape index (κ3) is 2.44. The Morgan fingerprint density at radius 3 is 2.28 bits per heavy atom. The molecular formula is C16H18FS+. The zero-order valence-corrected chi connectivity index (χ0v) is 11.9. The molecule has 0 saturated carbocycles. The van der Waals surface area contributed by atoms with Crippen LogP contribution >= 0.6 is 0 Å². The van der Waals surface area contributed by atoms with Crippen LogP contribution in [0.15, 0.2) is 47.4 Å². The lowest BCUT2D eigenvalue weighted by atomic mass is 9.98. The summed E-state index contributed by atoms with van der Waals surface area (Å²) in [5.41, 5.74) is 2.94. The van der Waals surface area contributed by atoms with Crippen molar-refractivity contribution >= 4 is 10.9 Å². The standard InChI is InChI=1S/C16H18FS/c1-4-12-8-5-6-9-13(12)14-10-7-11-15(16(14)17)18(2)3/h5-11H,4H2,1-3H3/q+1. The molecule has 0 nitrogen and oxygen atoms in total. The summed E-state index contributed by atoms with van der Waals surface area (Å²) in [5, 5.41) is 0. The van der Waals surface area contributed by atoms with Gasteiger partial charge in [0.1, 0.15) is 12.5 Å². The molecule has 2 aromatic carbocycles. The molecule has 0 N–H and O–H groups in total. The maximum atomic E-state index is 14.5. The molecule has 0 radical (unpaired) electrons. The van der Waals surface area contributed by atoms with Crippen molar-refractivity contribution in [2.75, 3.05) is 12.5 Å². The topological polar surface area (TPSA) is 0 Å². The second kappa shape index (κ2) is 5.57. The molecule has 0 amide bonds. The van der Waals surface area contributed by atoms with E-state index in [-0.39, 0.29) is 16.7 Å². The molecule has 0 saturated heterocycles. The van der Waals surface area contributed by atoms with E-state index in [1.165, 1.54) is 5.56 Å². The van der Waals surface area contributed by atoms with Crippen molar-refractivity contribution in [3.8, 4) is 11.1 Å². The first-order valence-electron chi connectivity index (χ1n) is 6.09. The summed E-state index contributed by atoms with van der Waals surface area (Å²) in [7, 11) is -0.0581. The van der Waals surface area contributed by atoms with E-state index in [4.69, 9.17) is 0 Å². The molecule has 0 aliphatic carbocycles. The Kier molecular flexibility index (Phi) is 4.07. The number of halogens is 1. The Balaban J connectivity index is 2.61.